The molecule has 2 aliphatic rings. The summed E-state index contributed by atoms with van der Waals surface area (Å²) in [7, 11) is 0. The molecule has 31 heavy (non-hydrogen) atoms. The fourth-order valence-electron chi connectivity index (χ4n) is 4.86. The monoisotopic (exact) mass is 424 g/mol. The minimum atomic E-state index is -0.444. The number of ether oxygens (including phenoxy) is 1. The molecule has 4 nitrogen and oxygen atoms in total. The summed E-state index contributed by atoms with van der Waals surface area (Å²) in [5.74, 6) is -0.0964. The van der Waals surface area contributed by atoms with Gasteiger partial charge in [-0.1, -0.05) is 42.8 Å². The van der Waals surface area contributed by atoms with E-state index < -0.39 is 5.41 Å². The average molecular weight is 425 g/mol. The predicted octanol–water partition coefficient (Wildman–Crippen LogP) is 4.43. The standard InChI is InChI=1S/C26H33FN2O2/c27-24-9-5-8-23(19-24)22-7-4-6-21(18-22)20-26(10-16-31-17-11-26)25(30)28-12-15-29-13-2-1-3-14-29/h4-9,18-19H,1-3,10-17,20H2,(H,28,30). The van der Waals surface area contributed by atoms with Gasteiger partial charge in [0, 0.05) is 26.3 Å². The number of likely N-dealkylation sites (tertiary alicyclic amines) is 1. The fourth-order valence-corrected chi connectivity index (χ4v) is 4.86. The molecule has 0 saturated carbocycles. The molecule has 2 fully saturated rings. The maximum Gasteiger partial charge on any atom is 0.226 e. The second kappa shape index (κ2) is 10.4. The molecule has 2 aromatic rings. The van der Waals surface area contributed by atoms with Crippen LogP contribution in [-0.2, 0) is 16.0 Å². The van der Waals surface area contributed by atoms with Crippen molar-refractivity contribution in [1.82, 2.24) is 10.2 Å². The van der Waals surface area contributed by atoms with Gasteiger partial charge < -0.3 is 15.0 Å². The second-order valence-electron chi connectivity index (χ2n) is 8.94. The van der Waals surface area contributed by atoms with E-state index in [-0.39, 0.29) is 11.7 Å². The van der Waals surface area contributed by atoms with Crippen molar-refractivity contribution in [2.45, 2.75) is 38.5 Å². The van der Waals surface area contributed by atoms with E-state index in [0.29, 0.717) is 26.2 Å². The summed E-state index contributed by atoms with van der Waals surface area (Å²) in [4.78, 5) is 15.8. The quantitative estimate of drug-likeness (QED) is 0.715. The number of hydrogen-bond acceptors (Lipinski definition) is 3. The Bertz CT molecular complexity index is 873. The van der Waals surface area contributed by atoms with Gasteiger partial charge in [0.2, 0.25) is 5.91 Å². The first-order valence-electron chi connectivity index (χ1n) is 11.6. The van der Waals surface area contributed by atoms with Gasteiger partial charge in [0.05, 0.1) is 5.41 Å². The lowest BCUT2D eigenvalue weighted by atomic mass is 9.74. The van der Waals surface area contributed by atoms with Crippen molar-refractivity contribution < 1.29 is 13.9 Å². The zero-order valence-corrected chi connectivity index (χ0v) is 18.2. The van der Waals surface area contributed by atoms with Crippen LogP contribution >= 0.6 is 0 Å². The lowest BCUT2D eigenvalue weighted by Crippen LogP contribution is -2.48. The summed E-state index contributed by atoms with van der Waals surface area (Å²) in [6, 6.07) is 14.8. The van der Waals surface area contributed by atoms with E-state index in [1.807, 2.05) is 18.2 Å². The average Bonchev–Trinajstić information content (AvgIpc) is 2.80. The van der Waals surface area contributed by atoms with Crippen LogP contribution in [0.2, 0.25) is 0 Å². The maximum absolute atomic E-state index is 13.7. The Kier molecular flexibility index (Phi) is 7.36. The van der Waals surface area contributed by atoms with Crippen molar-refractivity contribution in [3.63, 3.8) is 0 Å². The van der Waals surface area contributed by atoms with Crippen LogP contribution in [0.25, 0.3) is 11.1 Å². The third-order valence-corrected chi connectivity index (χ3v) is 6.72. The highest BCUT2D eigenvalue weighted by molar-refractivity contribution is 5.83. The number of halogens is 1. The summed E-state index contributed by atoms with van der Waals surface area (Å²) in [6.45, 7) is 5.13. The van der Waals surface area contributed by atoms with Crippen molar-refractivity contribution >= 4 is 5.91 Å². The Morgan fingerprint density at radius 1 is 1.00 bits per heavy atom. The minimum absolute atomic E-state index is 0.143. The number of rotatable bonds is 7. The maximum atomic E-state index is 13.7. The zero-order valence-electron chi connectivity index (χ0n) is 18.2. The SMILES string of the molecule is O=C(NCCN1CCCCC1)C1(Cc2cccc(-c3cccc(F)c3)c2)CCOCC1. The Labute approximate surface area is 184 Å². The Balaban J connectivity index is 1.45. The first-order chi connectivity index (χ1) is 15.1. The van der Waals surface area contributed by atoms with E-state index in [1.54, 1.807) is 12.1 Å². The summed E-state index contributed by atoms with van der Waals surface area (Å²) in [6.07, 6.45) is 5.98. The molecule has 2 heterocycles. The molecule has 0 spiro atoms. The van der Waals surface area contributed by atoms with E-state index in [1.165, 1.54) is 25.3 Å². The summed E-state index contributed by atoms with van der Waals surface area (Å²) in [5.41, 5.74) is 2.49. The number of benzene rings is 2. The van der Waals surface area contributed by atoms with Gasteiger partial charge in [-0.3, -0.25) is 4.79 Å². The van der Waals surface area contributed by atoms with Crippen LogP contribution in [0.1, 0.15) is 37.7 Å². The van der Waals surface area contributed by atoms with Gasteiger partial charge >= 0.3 is 0 Å². The van der Waals surface area contributed by atoms with E-state index in [2.05, 4.69) is 22.3 Å². The first kappa shape index (κ1) is 22.0. The normalized spacial score (nSPS) is 19.1. The number of carbonyl (C=O) groups is 1. The smallest absolute Gasteiger partial charge is 0.226 e. The molecule has 0 bridgehead atoms. The molecule has 0 aliphatic carbocycles. The fraction of sp³-hybridized carbons (Fsp3) is 0.500. The number of nitrogens with zero attached hydrogens (tertiary/aromatic N) is 1. The predicted molar refractivity (Wildman–Crippen MR) is 121 cm³/mol. The van der Waals surface area contributed by atoms with Gasteiger partial charge in [-0.2, -0.15) is 0 Å². The van der Waals surface area contributed by atoms with Gasteiger partial charge in [0.25, 0.3) is 0 Å². The van der Waals surface area contributed by atoms with Gasteiger partial charge in [0.1, 0.15) is 5.82 Å². The Hall–Kier alpha value is -2.24. The highest BCUT2D eigenvalue weighted by atomic mass is 19.1. The van der Waals surface area contributed by atoms with Crippen LogP contribution in [0.3, 0.4) is 0 Å². The number of amides is 1. The van der Waals surface area contributed by atoms with Crippen molar-refractivity contribution in [2.24, 2.45) is 5.41 Å². The van der Waals surface area contributed by atoms with Gasteiger partial charge in [-0.05, 0) is 74.0 Å². The summed E-state index contributed by atoms with van der Waals surface area (Å²) < 4.78 is 19.3. The van der Waals surface area contributed by atoms with Crippen LogP contribution in [0.5, 0.6) is 0 Å². The van der Waals surface area contributed by atoms with Crippen molar-refractivity contribution in [1.29, 1.82) is 0 Å². The van der Waals surface area contributed by atoms with E-state index in [0.717, 1.165) is 49.2 Å². The van der Waals surface area contributed by atoms with Crippen LogP contribution in [0.15, 0.2) is 48.5 Å². The number of carbonyl (C=O) groups excluding carboxylic acids is 1. The summed E-state index contributed by atoms with van der Waals surface area (Å²) in [5, 5.41) is 3.23. The molecule has 0 atom stereocenters. The van der Waals surface area contributed by atoms with Crippen molar-refractivity contribution in [3.8, 4) is 11.1 Å². The molecular formula is C26H33FN2O2. The molecule has 2 aliphatic heterocycles. The molecule has 2 aromatic carbocycles. The number of hydrogen-bond donors (Lipinski definition) is 1. The first-order valence-corrected chi connectivity index (χ1v) is 11.6. The molecule has 0 radical (unpaired) electrons. The topological polar surface area (TPSA) is 41.6 Å². The molecule has 4 rings (SSSR count). The number of piperidine rings is 1. The molecule has 1 amide bonds. The molecule has 2 saturated heterocycles. The molecule has 5 heteroatoms. The van der Waals surface area contributed by atoms with Crippen LogP contribution < -0.4 is 5.32 Å². The Morgan fingerprint density at radius 3 is 2.45 bits per heavy atom. The molecule has 0 aromatic heterocycles. The second-order valence-corrected chi connectivity index (χ2v) is 8.94. The number of nitrogens with one attached hydrogen (secondary N) is 1. The molecule has 1 N–H and O–H groups in total. The lowest BCUT2D eigenvalue weighted by molar-refractivity contribution is -0.136. The molecule has 0 unspecified atom stereocenters. The van der Waals surface area contributed by atoms with Gasteiger partial charge in [-0.25, -0.2) is 4.39 Å². The highest BCUT2D eigenvalue weighted by Gasteiger charge is 2.40. The third-order valence-electron chi connectivity index (χ3n) is 6.72. The summed E-state index contributed by atoms with van der Waals surface area (Å²) >= 11 is 0. The third kappa shape index (κ3) is 5.72. The van der Waals surface area contributed by atoms with Crippen LogP contribution in [0.4, 0.5) is 4.39 Å². The van der Waals surface area contributed by atoms with Crippen LogP contribution in [0, 0.1) is 11.2 Å². The Morgan fingerprint density at radius 2 is 1.71 bits per heavy atom. The van der Waals surface area contributed by atoms with Gasteiger partial charge in [-0.15, -0.1) is 0 Å². The largest absolute Gasteiger partial charge is 0.381 e. The van der Waals surface area contributed by atoms with Gasteiger partial charge in [0.15, 0.2) is 0 Å². The van der Waals surface area contributed by atoms with E-state index in [4.69, 9.17) is 4.74 Å². The van der Waals surface area contributed by atoms with E-state index >= 15 is 0 Å². The van der Waals surface area contributed by atoms with Crippen LogP contribution in [-0.4, -0.2) is 50.2 Å². The molecular weight excluding hydrogens is 391 g/mol. The van der Waals surface area contributed by atoms with E-state index in [9.17, 15) is 9.18 Å². The minimum Gasteiger partial charge on any atom is -0.381 e. The van der Waals surface area contributed by atoms with Crippen molar-refractivity contribution in [2.75, 3.05) is 39.4 Å². The lowest BCUT2D eigenvalue weighted by Gasteiger charge is -2.36. The highest BCUT2D eigenvalue weighted by Crippen LogP contribution is 2.35. The van der Waals surface area contributed by atoms with Crippen molar-refractivity contribution in [3.05, 3.63) is 59.9 Å². The molecule has 166 valence electrons. The zero-order chi connectivity index (χ0) is 21.5.